The van der Waals surface area contributed by atoms with Gasteiger partial charge in [-0.3, -0.25) is 4.98 Å². The Kier molecular flexibility index (Phi) is 2.76. The summed E-state index contributed by atoms with van der Waals surface area (Å²) < 4.78 is 1.87. The molecule has 0 aliphatic rings. The van der Waals surface area contributed by atoms with E-state index in [9.17, 15) is 4.91 Å². The molecule has 0 aliphatic carbocycles. The predicted octanol–water partition coefficient (Wildman–Crippen LogP) is 1.76. The first kappa shape index (κ1) is 10.5. The molecule has 5 nitrogen and oxygen atoms in total. The summed E-state index contributed by atoms with van der Waals surface area (Å²) in [5.41, 5.74) is 3.03. The van der Waals surface area contributed by atoms with Gasteiger partial charge in [0, 0.05) is 13.1 Å². The van der Waals surface area contributed by atoms with Crippen LogP contribution in [0, 0.1) is 18.8 Å². The quantitative estimate of drug-likeness (QED) is 0.629. The van der Waals surface area contributed by atoms with E-state index in [1.165, 1.54) is 0 Å². The van der Waals surface area contributed by atoms with Crippen LogP contribution in [0.15, 0.2) is 29.6 Å². The second kappa shape index (κ2) is 4.22. The number of hydrogen-bond acceptors (Lipinski definition) is 3. The first-order chi connectivity index (χ1) is 7.72. The van der Waals surface area contributed by atoms with Crippen LogP contribution in [-0.4, -0.2) is 10.1 Å². The Morgan fingerprint density at radius 3 is 2.81 bits per heavy atom. The molecule has 1 N–H and O–H groups in total. The van der Waals surface area contributed by atoms with Crippen LogP contribution in [0.1, 0.15) is 17.1 Å². The highest BCUT2D eigenvalue weighted by Crippen LogP contribution is 2.18. The fourth-order valence-electron chi connectivity index (χ4n) is 1.68. The summed E-state index contributed by atoms with van der Waals surface area (Å²) in [7, 11) is 0. The Morgan fingerprint density at radius 2 is 2.25 bits per heavy atom. The monoisotopic (exact) mass is 217 g/mol. The lowest BCUT2D eigenvalue weighted by Gasteiger charge is -1.94. The third kappa shape index (κ3) is 1.84. The molecule has 0 radical (unpaired) electrons. The molecular weight excluding hydrogens is 204 g/mol. The summed E-state index contributed by atoms with van der Waals surface area (Å²) in [6, 6.07) is 5.75. The Hall–Kier alpha value is -2.04. The Morgan fingerprint density at radius 1 is 1.44 bits per heavy atom. The third-order valence-corrected chi connectivity index (χ3v) is 2.54. The topological polar surface area (TPSA) is 62.0 Å². The van der Waals surface area contributed by atoms with Crippen molar-refractivity contribution in [1.82, 2.24) is 10.1 Å². The molecule has 2 rings (SSSR count). The van der Waals surface area contributed by atoms with Crippen LogP contribution in [0.25, 0.3) is 0 Å². The van der Waals surface area contributed by atoms with E-state index < -0.39 is 0 Å². The molecule has 0 aliphatic heterocycles. The van der Waals surface area contributed by atoms with E-state index in [4.69, 9.17) is 0 Å². The Balaban J connectivity index is 2.32. The van der Waals surface area contributed by atoms with Crippen molar-refractivity contribution in [2.24, 2.45) is 5.18 Å². The van der Waals surface area contributed by atoms with Crippen molar-refractivity contribution >= 4 is 5.69 Å². The van der Waals surface area contributed by atoms with Crippen LogP contribution < -0.4 is 4.68 Å². The highest BCUT2D eigenvalue weighted by molar-refractivity contribution is 5.42. The van der Waals surface area contributed by atoms with Gasteiger partial charge in [0.15, 0.2) is 0 Å². The molecule has 2 heterocycles. The van der Waals surface area contributed by atoms with E-state index in [0.717, 1.165) is 17.1 Å². The van der Waals surface area contributed by atoms with E-state index >= 15 is 0 Å². The molecule has 0 aromatic carbocycles. The maximum atomic E-state index is 10.6. The second-order valence-electron chi connectivity index (χ2n) is 3.67. The van der Waals surface area contributed by atoms with E-state index in [-0.39, 0.29) is 0 Å². The zero-order valence-corrected chi connectivity index (χ0v) is 9.27. The Bertz CT molecular complexity index is 504. The zero-order chi connectivity index (χ0) is 11.5. The van der Waals surface area contributed by atoms with Gasteiger partial charge in [0.25, 0.3) is 0 Å². The van der Waals surface area contributed by atoms with Gasteiger partial charge in [-0.25, -0.2) is 0 Å². The highest BCUT2D eigenvalue weighted by Gasteiger charge is 2.20. The van der Waals surface area contributed by atoms with Gasteiger partial charge in [-0.05, 0) is 24.2 Å². The van der Waals surface area contributed by atoms with Crippen molar-refractivity contribution in [1.29, 1.82) is 0 Å². The molecule has 82 valence electrons. The number of nitrogens with one attached hydrogen (secondary N) is 1. The molecule has 0 bridgehead atoms. The molecule has 5 heteroatoms. The number of aromatic amines is 1. The van der Waals surface area contributed by atoms with Gasteiger partial charge in [0.05, 0.1) is 0 Å². The summed E-state index contributed by atoms with van der Waals surface area (Å²) in [5.74, 6) is 0. The minimum Gasteiger partial charge on any atom is -0.255 e. The van der Waals surface area contributed by atoms with E-state index in [1.54, 1.807) is 6.20 Å². The van der Waals surface area contributed by atoms with Crippen molar-refractivity contribution in [3.8, 4) is 0 Å². The maximum absolute atomic E-state index is 10.6. The first-order valence-corrected chi connectivity index (χ1v) is 5.04. The van der Waals surface area contributed by atoms with Gasteiger partial charge >= 0.3 is 0 Å². The van der Waals surface area contributed by atoms with E-state index in [2.05, 4.69) is 15.3 Å². The molecule has 0 unspecified atom stereocenters. The summed E-state index contributed by atoms with van der Waals surface area (Å²) >= 11 is 0. The van der Waals surface area contributed by atoms with Crippen molar-refractivity contribution in [2.45, 2.75) is 20.4 Å². The standard InChI is InChI=1S/C11H12N4O/c1-8-11(14-16)9(2)15(13-8)7-10-5-3-4-6-12-10/h3-6H,7H2,1-2H3/p+1. The van der Waals surface area contributed by atoms with Crippen molar-refractivity contribution in [3.63, 3.8) is 0 Å². The number of hydrogen-bond donors (Lipinski definition) is 1. The van der Waals surface area contributed by atoms with Crippen molar-refractivity contribution in [2.75, 3.05) is 0 Å². The smallest absolute Gasteiger partial charge is 0.234 e. The van der Waals surface area contributed by atoms with E-state index in [1.807, 2.05) is 36.7 Å². The van der Waals surface area contributed by atoms with Gasteiger partial charge in [-0.1, -0.05) is 6.07 Å². The van der Waals surface area contributed by atoms with Crippen LogP contribution in [0.4, 0.5) is 5.69 Å². The summed E-state index contributed by atoms with van der Waals surface area (Å²) in [6.07, 6.45) is 1.75. The number of aromatic nitrogens is 3. The van der Waals surface area contributed by atoms with Gasteiger partial charge in [0.1, 0.15) is 11.4 Å². The number of nitroso groups, excluding NO2 is 1. The summed E-state index contributed by atoms with van der Waals surface area (Å²) in [6.45, 7) is 4.31. The molecule has 0 atom stereocenters. The van der Waals surface area contributed by atoms with Gasteiger partial charge in [-0.15, -0.1) is 9.59 Å². The molecule has 0 spiro atoms. The average molecular weight is 217 g/mol. The fraction of sp³-hybridized carbons (Fsp3) is 0.273. The highest BCUT2D eigenvalue weighted by atomic mass is 16.3. The second-order valence-corrected chi connectivity index (χ2v) is 3.67. The molecule has 0 saturated carbocycles. The number of nitrogens with zero attached hydrogens (tertiary/aromatic N) is 3. The molecule has 0 saturated heterocycles. The SMILES string of the molecule is Cc1[nH][n+](Cc2ccccn2)c(C)c1N=O. The van der Waals surface area contributed by atoms with Crippen molar-refractivity contribution < 1.29 is 4.68 Å². The minimum atomic E-state index is 0.482. The molecule has 0 amide bonds. The largest absolute Gasteiger partial charge is 0.255 e. The first-order valence-electron chi connectivity index (χ1n) is 5.04. The minimum absolute atomic E-state index is 0.482. The van der Waals surface area contributed by atoms with Crippen LogP contribution in [0.2, 0.25) is 0 Å². The van der Waals surface area contributed by atoms with Crippen LogP contribution in [0.3, 0.4) is 0 Å². The van der Waals surface area contributed by atoms with Gasteiger partial charge in [-0.2, -0.15) is 5.10 Å². The molecule has 2 aromatic rings. The normalized spacial score (nSPS) is 10.4. The van der Waals surface area contributed by atoms with Gasteiger partial charge in [0.2, 0.25) is 17.9 Å². The maximum Gasteiger partial charge on any atom is 0.234 e. The molecule has 16 heavy (non-hydrogen) atoms. The zero-order valence-electron chi connectivity index (χ0n) is 9.27. The summed E-state index contributed by atoms with van der Waals surface area (Å²) in [4.78, 5) is 14.8. The molecule has 0 fully saturated rings. The number of rotatable bonds is 3. The molecular formula is C11H13N4O+. The van der Waals surface area contributed by atoms with Crippen LogP contribution >= 0.6 is 0 Å². The van der Waals surface area contributed by atoms with Crippen molar-refractivity contribution in [3.05, 3.63) is 46.4 Å². The average Bonchev–Trinajstić information content (AvgIpc) is 2.55. The lowest BCUT2D eigenvalue weighted by atomic mass is 10.3. The Labute approximate surface area is 93.1 Å². The number of H-pyrrole nitrogens is 1. The number of pyridine rings is 1. The third-order valence-electron chi connectivity index (χ3n) is 2.54. The van der Waals surface area contributed by atoms with Crippen LogP contribution in [0.5, 0.6) is 0 Å². The molecule has 2 aromatic heterocycles. The number of aryl methyl sites for hydroxylation is 1. The van der Waals surface area contributed by atoms with Gasteiger partial charge < -0.3 is 0 Å². The van der Waals surface area contributed by atoms with Crippen LogP contribution in [-0.2, 0) is 6.54 Å². The predicted molar refractivity (Wildman–Crippen MR) is 59.3 cm³/mol. The lowest BCUT2D eigenvalue weighted by Crippen LogP contribution is -2.39. The van der Waals surface area contributed by atoms with E-state index in [0.29, 0.717) is 12.2 Å². The lowest BCUT2D eigenvalue weighted by molar-refractivity contribution is -0.748. The fourth-order valence-corrected chi connectivity index (χ4v) is 1.68. The summed E-state index contributed by atoms with van der Waals surface area (Å²) in [5, 5.41) is 6.10.